The van der Waals surface area contributed by atoms with Gasteiger partial charge in [-0.05, 0) is 38.1 Å². The van der Waals surface area contributed by atoms with Crippen molar-refractivity contribution < 1.29 is 13.9 Å². The Balaban J connectivity index is 1.57. The number of hydrogen-bond acceptors (Lipinski definition) is 4. The zero-order chi connectivity index (χ0) is 18.1. The zero-order valence-corrected chi connectivity index (χ0v) is 14.6. The van der Waals surface area contributed by atoms with E-state index in [-0.39, 0.29) is 11.9 Å². The molecule has 4 aromatic rings. The summed E-state index contributed by atoms with van der Waals surface area (Å²) in [6, 6.07) is 12.9. The van der Waals surface area contributed by atoms with E-state index >= 15 is 0 Å². The van der Waals surface area contributed by atoms with Crippen LogP contribution in [0.2, 0.25) is 0 Å². The standard InChI is InChI=1S/C20H19N3O3/c1-3-25-17-6-4-5-13-10-18(26-19(13)17)12(2)22-20(24)14-7-8-15-11-21-23-16(15)9-14/h4-12H,3H2,1-2H3,(H,21,23)(H,22,24)/t12-/m1/s1. The highest BCUT2D eigenvalue weighted by Crippen LogP contribution is 2.31. The summed E-state index contributed by atoms with van der Waals surface area (Å²) >= 11 is 0. The molecule has 0 fully saturated rings. The maximum absolute atomic E-state index is 12.6. The van der Waals surface area contributed by atoms with Crippen molar-refractivity contribution >= 4 is 27.8 Å². The Bertz CT molecular complexity index is 1080. The van der Waals surface area contributed by atoms with Crippen LogP contribution < -0.4 is 10.1 Å². The molecule has 6 heteroatoms. The summed E-state index contributed by atoms with van der Waals surface area (Å²) in [6.07, 6.45) is 1.73. The maximum Gasteiger partial charge on any atom is 0.251 e. The average Bonchev–Trinajstić information content (AvgIpc) is 3.28. The summed E-state index contributed by atoms with van der Waals surface area (Å²) in [5.74, 6) is 1.22. The molecular formula is C20H19N3O3. The molecule has 0 unspecified atom stereocenters. The number of carbonyl (C=O) groups is 1. The molecule has 0 bridgehead atoms. The summed E-state index contributed by atoms with van der Waals surface area (Å²) in [7, 11) is 0. The van der Waals surface area contributed by atoms with Crippen molar-refractivity contribution in [3.05, 3.63) is 60.0 Å². The molecule has 26 heavy (non-hydrogen) atoms. The van der Waals surface area contributed by atoms with Gasteiger partial charge < -0.3 is 14.5 Å². The molecule has 0 spiro atoms. The normalized spacial score (nSPS) is 12.4. The van der Waals surface area contributed by atoms with Gasteiger partial charge in [-0.2, -0.15) is 5.10 Å². The van der Waals surface area contributed by atoms with Crippen molar-refractivity contribution in [1.82, 2.24) is 15.5 Å². The van der Waals surface area contributed by atoms with Crippen LogP contribution in [0.1, 0.15) is 36.0 Å². The van der Waals surface area contributed by atoms with Crippen LogP contribution in [0.4, 0.5) is 0 Å². The first-order valence-corrected chi connectivity index (χ1v) is 8.55. The highest BCUT2D eigenvalue weighted by Gasteiger charge is 2.17. The number of nitrogens with one attached hydrogen (secondary N) is 2. The SMILES string of the molecule is CCOc1cccc2cc([C@@H](C)NC(=O)c3ccc4cn[nH]c4c3)oc12. The van der Waals surface area contributed by atoms with E-state index in [0.717, 1.165) is 16.3 Å². The average molecular weight is 349 g/mol. The monoisotopic (exact) mass is 349 g/mol. The van der Waals surface area contributed by atoms with E-state index in [1.807, 2.05) is 44.2 Å². The van der Waals surface area contributed by atoms with Gasteiger partial charge in [-0.25, -0.2) is 0 Å². The molecule has 0 aliphatic carbocycles. The Morgan fingerprint density at radius 3 is 3.00 bits per heavy atom. The minimum Gasteiger partial charge on any atom is -0.490 e. The van der Waals surface area contributed by atoms with Crippen LogP contribution in [-0.2, 0) is 0 Å². The van der Waals surface area contributed by atoms with Gasteiger partial charge in [-0.3, -0.25) is 9.89 Å². The third-order valence-corrected chi connectivity index (χ3v) is 4.31. The molecule has 0 aliphatic heterocycles. The van der Waals surface area contributed by atoms with Crippen LogP contribution >= 0.6 is 0 Å². The number of aromatic amines is 1. The van der Waals surface area contributed by atoms with E-state index in [0.29, 0.717) is 29.3 Å². The molecule has 1 atom stereocenters. The molecular weight excluding hydrogens is 330 g/mol. The highest BCUT2D eigenvalue weighted by molar-refractivity contribution is 5.98. The quantitative estimate of drug-likeness (QED) is 0.566. The van der Waals surface area contributed by atoms with Crippen LogP contribution in [-0.4, -0.2) is 22.7 Å². The fraction of sp³-hybridized carbons (Fsp3) is 0.200. The van der Waals surface area contributed by atoms with Gasteiger partial charge in [0, 0.05) is 16.3 Å². The van der Waals surface area contributed by atoms with Gasteiger partial charge >= 0.3 is 0 Å². The second kappa shape index (κ2) is 6.55. The molecule has 2 aromatic heterocycles. The van der Waals surface area contributed by atoms with Crippen molar-refractivity contribution in [2.24, 2.45) is 0 Å². The number of rotatable bonds is 5. The minimum absolute atomic E-state index is 0.167. The van der Waals surface area contributed by atoms with Crippen LogP contribution in [0.3, 0.4) is 0 Å². The fourth-order valence-electron chi connectivity index (χ4n) is 2.97. The number of H-pyrrole nitrogens is 1. The number of para-hydroxylation sites is 1. The molecule has 0 aliphatic rings. The Morgan fingerprint density at radius 2 is 2.15 bits per heavy atom. The van der Waals surface area contributed by atoms with Crippen molar-refractivity contribution in [1.29, 1.82) is 0 Å². The molecule has 2 aromatic carbocycles. The van der Waals surface area contributed by atoms with Crippen LogP contribution in [0, 0.1) is 0 Å². The summed E-state index contributed by atoms with van der Waals surface area (Å²) < 4.78 is 11.6. The van der Waals surface area contributed by atoms with Crippen LogP contribution in [0.25, 0.3) is 21.9 Å². The molecule has 2 N–H and O–H groups in total. The number of hydrogen-bond donors (Lipinski definition) is 2. The number of ether oxygens (including phenoxy) is 1. The summed E-state index contributed by atoms with van der Waals surface area (Å²) in [6.45, 7) is 4.39. The van der Waals surface area contributed by atoms with E-state index in [4.69, 9.17) is 9.15 Å². The Morgan fingerprint density at radius 1 is 1.27 bits per heavy atom. The molecule has 4 rings (SSSR count). The van der Waals surface area contributed by atoms with E-state index in [2.05, 4.69) is 15.5 Å². The summed E-state index contributed by atoms with van der Waals surface area (Å²) in [5.41, 5.74) is 2.10. The number of aromatic nitrogens is 2. The third kappa shape index (κ3) is 2.90. The molecule has 6 nitrogen and oxygen atoms in total. The number of fused-ring (bicyclic) bond motifs is 2. The van der Waals surface area contributed by atoms with Crippen LogP contribution in [0.15, 0.2) is 53.1 Å². The van der Waals surface area contributed by atoms with E-state index in [1.165, 1.54) is 0 Å². The van der Waals surface area contributed by atoms with Gasteiger partial charge in [-0.1, -0.05) is 18.2 Å². The lowest BCUT2D eigenvalue weighted by Crippen LogP contribution is -2.26. The molecule has 132 valence electrons. The lowest BCUT2D eigenvalue weighted by atomic mass is 10.1. The van der Waals surface area contributed by atoms with Gasteiger partial charge in [0.1, 0.15) is 5.76 Å². The smallest absolute Gasteiger partial charge is 0.251 e. The largest absolute Gasteiger partial charge is 0.490 e. The van der Waals surface area contributed by atoms with Crippen LogP contribution in [0.5, 0.6) is 5.75 Å². The predicted octanol–water partition coefficient (Wildman–Crippen LogP) is 4.20. The molecule has 0 radical (unpaired) electrons. The van der Waals surface area contributed by atoms with Gasteiger partial charge in [0.2, 0.25) is 0 Å². The Kier molecular flexibility index (Phi) is 4.08. The summed E-state index contributed by atoms with van der Waals surface area (Å²) in [4.78, 5) is 12.6. The van der Waals surface area contributed by atoms with Crippen molar-refractivity contribution in [2.75, 3.05) is 6.61 Å². The van der Waals surface area contributed by atoms with E-state index < -0.39 is 0 Å². The minimum atomic E-state index is -0.276. The number of carbonyl (C=O) groups excluding carboxylic acids is 1. The number of nitrogens with zero attached hydrogens (tertiary/aromatic N) is 1. The van der Waals surface area contributed by atoms with Gasteiger partial charge in [0.05, 0.1) is 24.4 Å². The fourth-order valence-corrected chi connectivity index (χ4v) is 2.97. The highest BCUT2D eigenvalue weighted by atomic mass is 16.5. The number of furan rings is 1. The maximum atomic E-state index is 12.6. The second-order valence-corrected chi connectivity index (χ2v) is 6.12. The lowest BCUT2D eigenvalue weighted by Gasteiger charge is -2.11. The van der Waals surface area contributed by atoms with Crippen molar-refractivity contribution in [3.8, 4) is 5.75 Å². The van der Waals surface area contributed by atoms with Gasteiger partial charge in [-0.15, -0.1) is 0 Å². The van der Waals surface area contributed by atoms with Crippen molar-refractivity contribution in [3.63, 3.8) is 0 Å². The van der Waals surface area contributed by atoms with Gasteiger partial charge in [0.25, 0.3) is 5.91 Å². The molecule has 0 saturated heterocycles. The van der Waals surface area contributed by atoms with Crippen molar-refractivity contribution in [2.45, 2.75) is 19.9 Å². The zero-order valence-electron chi connectivity index (χ0n) is 14.6. The first-order valence-electron chi connectivity index (χ1n) is 8.55. The Hall–Kier alpha value is -3.28. The molecule has 2 heterocycles. The number of amides is 1. The van der Waals surface area contributed by atoms with E-state index in [9.17, 15) is 4.79 Å². The second-order valence-electron chi connectivity index (χ2n) is 6.12. The van der Waals surface area contributed by atoms with Gasteiger partial charge in [0.15, 0.2) is 11.3 Å². The lowest BCUT2D eigenvalue weighted by molar-refractivity contribution is 0.0936. The Labute approximate surface area is 150 Å². The van der Waals surface area contributed by atoms with E-state index in [1.54, 1.807) is 18.3 Å². The molecule has 0 saturated carbocycles. The topological polar surface area (TPSA) is 80.1 Å². The summed E-state index contributed by atoms with van der Waals surface area (Å²) in [5, 5.41) is 11.7. The molecule has 1 amide bonds. The first kappa shape index (κ1) is 16.2. The third-order valence-electron chi connectivity index (χ3n) is 4.31. The predicted molar refractivity (Wildman–Crippen MR) is 99.4 cm³/mol. The first-order chi connectivity index (χ1) is 12.7. The number of benzene rings is 2.